The van der Waals surface area contributed by atoms with E-state index in [1.54, 1.807) is 6.26 Å². The Kier molecular flexibility index (Phi) is 2.76. The lowest BCUT2D eigenvalue weighted by Crippen LogP contribution is -2.04. The van der Waals surface area contributed by atoms with Crippen molar-refractivity contribution in [1.82, 2.24) is 19.7 Å². The van der Waals surface area contributed by atoms with Crippen LogP contribution < -0.4 is 0 Å². The summed E-state index contributed by atoms with van der Waals surface area (Å²) in [6.45, 7) is 2.55. The van der Waals surface area contributed by atoms with E-state index in [1.807, 2.05) is 29.8 Å². The zero-order valence-corrected chi connectivity index (χ0v) is 10.6. The van der Waals surface area contributed by atoms with E-state index in [2.05, 4.69) is 15.1 Å². The standard InChI is InChI=1S/C12H11ClN4O/c1-8-4-10-12(14-6-8)17(11(5-13)15-10)7-9-2-3-18-16-9/h2-4,6H,5,7H2,1H3. The lowest BCUT2D eigenvalue weighted by Gasteiger charge is -2.03. The molecule has 0 unspecified atom stereocenters. The third-order valence-corrected chi connectivity index (χ3v) is 2.97. The Morgan fingerprint density at radius 1 is 1.44 bits per heavy atom. The summed E-state index contributed by atoms with van der Waals surface area (Å²) in [6.07, 6.45) is 3.37. The summed E-state index contributed by atoms with van der Waals surface area (Å²) in [7, 11) is 0. The molecule has 3 aromatic rings. The quantitative estimate of drug-likeness (QED) is 0.681. The van der Waals surface area contributed by atoms with E-state index in [0.29, 0.717) is 12.4 Å². The molecule has 0 saturated carbocycles. The maximum absolute atomic E-state index is 5.93. The highest BCUT2D eigenvalue weighted by molar-refractivity contribution is 6.16. The fourth-order valence-corrected chi connectivity index (χ4v) is 2.11. The van der Waals surface area contributed by atoms with E-state index in [-0.39, 0.29) is 0 Å². The number of alkyl halides is 1. The normalized spacial score (nSPS) is 11.2. The number of rotatable bonds is 3. The molecule has 5 nitrogen and oxygen atoms in total. The fourth-order valence-electron chi connectivity index (χ4n) is 1.91. The fraction of sp³-hybridized carbons (Fsp3) is 0.250. The van der Waals surface area contributed by atoms with Crippen LogP contribution in [0.25, 0.3) is 11.2 Å². The highest BCUT2D eigenvalue weighted by Gasteiger charge is 2.12. The van der Waals surface area contributed by atoms with Crippen LogP contribution >= 0.6 is 11.6 Å². The van der Waals surface area contributed by atoms with E-state index in [4.69, 9.17) is 16.1 Å². The molecular formula is C12H11ClN4O. The molecule has 0 spiro atoms. The molecular weight excluding hydrogens is 252 g/mol. The van der Waals surface area contributed by atoms with Crippen LogP contribution in [0.2, 0.25) is 0 Å². The van der Waals surface area contributed by atoms with Crippen LogP contribution in [0.15, 0.2) is 29.1 Å². The summed E-state index contributed by atoms with van der Waals surface area (Å²) < 4.78 is 6.79. The van der Waals surface area contributed by atoms with Gasteiger partial charge in [0.25, 0.3) is 0 Å². The van der Waals surface area contributed by atoms with E-state index in [9.17, 15) is 0 Å². The Morgan fingerprint density at radius 2 is 2.33 bits per heavy atom. The summed E-state index contributed by atoms with van der Waals surface area (Å²) >= 11 is 5.93. The molecule has 0 bridgehead atoms. The minimum Gasteiger partial charge on any atom is -0.364 e. The molecule has 0 aromatic carbocycles. The van der Waals surface area contributed by atoms with E-state index >= 15 is 0 Å². The molecule has 0 aliphatic carbocycles. The van der Waals surface area contributed by atoms with Crippen molar-refractivity contribution in [3.63, 3.8) is 0 Å². The molecule has 0 saturated heterocycles. The van der Waals surface area contributed by atoms with Crippen molar-refractivity contribution >= 4 is 22.8 Å². The van der Waals surface area contributed by atoms with Crippen LogP contribution in [0.1, 0.15) is 17.1 Å². The smallest absolute Gasteiger partial charge is 0.160 e. The predicted octanol–water partition coefficient (Wildman–Crippen LogP) is 2.51. The highest BCUT2D eigenvalue weighted by Crippen LogP contribution is 2.18. The maximum Gasteiger partial charge on any atom is 0.160 e. The topological polar surface area (TPSA) is 56.7 Å². The molecule has 6 heteroatoms. The zero-order valence-electron chi connectivity index (χ0n) is 9.80. The van der Waals surface area contributed by atoms with Crippen LogP contribution in [0.5, 0.6) is 0 Å². The van der Waals surface area contributed by atoms with Crippen molar-refractivity contribution in [2.45, 2.75) is 19.3 Å². The molecule has 3 aromatic heterocycles. The lowest BCUT2D eigenvalue weighted by molar-refractivity contribution is 0.409. The summed E-state index contributed by atoms with van der Waals surface area (Å²) in [5.41, 5.74) is 3.58. The van der Waals surface area contributed by atoms with Gasteiger partial charge >= 0.3 is 0 Å². The number of nitrogens with zero attached hydrogens (tertiary/aromatic N) is 4. The van der Waals surface area contributed by atoms with Gasteiger partial charge < -0.3 is 9.09 Å². The Bertz CT molecular complexity index is 675. The van der Waals surface area contributed by atoms with Crippen molar-refractivity contribution in [2.24, 2.45) is 0 Å². The summed E-state index contributed by atoms with van der Waals surface area (Å²) in [5.74, 6) is 1.13. The minimum absolute atomic E-state index is 0.341. The number of fused-ring (bicyclic) bond motifs is 1. The van der Waals surface area contributed by atoms with Crippen molar-refractivity contribution in [2.75, 3.05) is 0 Å². The van der Waals surface area contributed by atoms with Crippen molar-refractivity contribution in [3.05, 3.63) is 41.7 Å². The number of hydrogen-bond donors (Lipinski definition) is 0. The van der Waals surface area contributed by atoms with Gasteiger partial charge in [0.1, 0.15) is 23.3 Å². The average Bonchev–Trinajstić information content (AvgIpc) is 2.97. The van der Waals surface area contributed by atoms with Crippen molar-refractivity contribution in [1.29, 1.82) is 0 Å². The molecule has 0 radical (unpaired) electrons. The Balaban J connectivity index is 2.13. The third-order valence-electron chi connectivity index (χ3n) is 2.73. The number of halogens is 1. The Labute approximate surface area is 108 Å². The first-order valence-corrected chi connectivity index (χ1v) is 6.08. The van der Waals surface area contributed by atoms with Gasteiger partial charge in [0.2, 0.25) is 0 Å². The average molecular weight is 263 g/mol. The number of hydrogen-bond acceptors (Lipinski definition) is 4. The lowest BCUT2D eigenvalue weighted by atomic mass is 10.3. The number of aromatic nitrogens is 4. The minimum atomic E-state index is 0.341. The van der Waals surface area contributed by atoms with Crippen LogP contribution in [0, 0.1) is 6.92 Å². The molecule has 0 aliphatic heterocycles. The second-order valence-electron chi connectivity index (χ2n) is 4.09. The van der Waals surface area contributed by atoms with Crippen molar-refractivity contribution < 1.29 is 4.52 Å². The zero-order chi connectivity index (χ0) is 12.5. The molecule has 18 heavy (non-hydrogen) atoms. The second kappa shape index (κ2) is 4.42. The van der Waals surface area contributed by atoms with Crippen molar-refractivity contribution in [3.8, 4) is 0 Å². The molecule has 0 atom stereocenters. The van der Waals surface area contributed by atoms with Crippen LogP contribution in [0.3, 0.4) is 0 Å². The first-order chi connectivity index (χ1) is 8.78. The van der Waals surface area contributed by atoms with Gasteiger partial charge in [-0.1, -0.05) is 5.16 Å². The monoisotopic (exact) mass is 262 g/mol. The molecule has 3 heterocycles. The largest absolute Gasteiger partial charge is 0.364 e. The van der Waals surface area contributed by atoms with Gasteiger partial charge in [-0.25, -0.2) is 9.97 Å². The first kappa shape index (κ1) is 11.2. The van der Waals surface area contributed by atoms with Gasteiger partial charge in [-0.2, -0.15) is 0 Å². The van der Waals surface area contributed by atoms with Gasteiger partial charge in [0.05, 0.1) is 12.4 Å². The molecule has 0 N–H and O–H groups in total. The van der Waals surface area contributed by atoms with Crippen LogP contribution in [-0.2, 0) is 12.4 Å². The summed E-state index contributed by atoms with van der Waals surface area (Å²) in [4.78, 5) is 8.90. The van der Waals surface area contributed by atoms with E-state index in [1.165, 1.54) is 0 Å². The van der Waals surface area contributed by atoms with Gasteiger partial charge in [0, 0.05) is 12.3 Å². The Morgan fingerprint density at radius 3 is 3.06 bits per heavy atom. The first-order valence-electron chi connectivity index (χ1n) is 5.55. The van der Waals surface area contributed by atoms with Gasteiger partial charge in [-0.05, 0) is 18.6 Å². The third kappa shape index (κ3) is 1.86. The molecule has 0 amide bonds. The van der Waals surface area contributed by atoms with Gasteiger partial charge in [-0.3, -0.25) is 0 Å². The molecule has 0 fully saturated rings. The van der Waals surface area contributed by atoms with Crippen LogP contribution in [0.4, 0.5) is 0 Å². The van der Waals surface area contributed by atoms with Gasteiger partial charge in [-0.15, -0.1) is 11.6 Å². The molecule has 3 rings (SSSR count). The summed E-state index contributed by atoms with van der Waals surface area (Å²) in [6, 6.07) is 3.82. The predicted molar refractivity (Wildman–Crippen MR) is 67.4 cm³/mol. The molecule has 92 valence electrons. The SMILES string of the molecule is Cc1cnc2c(c1)nc(CCl)n2Cc1ccon1. The highest BCUT2D eigenvalue weighted by atomic mass is 35.5. The number of imidazole rings is 1. The van der Waals surface area contributed by atoms with E-state index in [0.717, 1.165) is 28.2 Å². The van der Waals surface area contributed by atoms with Crippen LogP contribution in [-0.4, -0.2) is 19.7 Å². The van der Waals surface area contributed by atoms with E-state index < -0.39 is 0 Å². The molecule has 0 aliphatic rings. The Hall–Kier alpha value is -1.88. The summed E-state index contributed by atoms with van der Waals surface area (Å²) in [5, 5.41) is 3.90. The number of aryl methyl sites for hydroxylation is 1. The second-order valence-corrected chi connectivity index (χ2v) is 4.36. The number of pyridine rings is 1. The van der Waals surface area contributed by atoms with Gasteiger partial charge in [0.15, 0.2) is 5.65 Å². The maximum atomic E-state index is 5.93.